The van der Waals surface area contributed by atoms with Crippen molar-refractivity contribution in [3.05, 3.63) is 47.4 Å². The average molecular weight is 326 g/mol. The zero-order valence-corrected chi connectivity index (χ0v) is 13.1. The van der Waals surface area contributed by atoms with E-state index in [0.29, 0.717) is 5.92 Å². The summed E-state index contributed by atoms with van der Waals surface area (Å²) in [6.07, 6.45) is 3.45. The summed E-state index contributed by atoms with van der Waals surface area (Å²) in [5, 5.41) is -0.00152. The van der Waals surface area contributed by atoms with Crippen molar-refractivity contribution >= 4 is 21.6 Å². The molecule has 5 nitrogen and oxygen atoms in total. The van der Waals surface area contributed by atoms with Crippen LogP contribution in [0.25, 0.3) is 0 Å². The van der Waals surface area contributed by atoms with Gasteiger partial charge in [-0.05, 0) is 24.3 Å². The molecule has 0 aliphatic heterocycles. The summed E-state index contributed by atoms with van der Waals surface area (Å²) in [6, 6.07) is 9.38. The topological polar surface area (TPSA) is 64.0 Å². The third-order valence-corrected chi connectivity index (χ3v) is 5.55. The van der Waals surface area contributed by atoms with E-state index in [2.05, 4.69) is 9.71 Å². The Hall–Kier alpha value is -1.37. The van der Waals surface area contributed by atoms with Crippen LogP contribution in [0.2, 0.25) is 5.15 Å². The number of halogens is 1. The number of sulfonamides is 1. The second-order valence-electron chi connectivity index (χ2n) is 5.30. The SMILES string of the molecule is Cn1cnc(S(=O)(=O)NC(c2ccccc2)C2CC2)c1Cl. The summed E-state index contributed by atoms with van der Waals surface area (Å²) in [6.45, 7) is 0. The molecule has 0 saturated heterocycles. The molecule has 0 bridgehead atoms. The molecule has 1 aliphatic carbocycles. The van der Waals surface area contributed by atoms with Gasteiger partial charge in [-0.3, -0.25) is 0 Å². The van der Waals surface area contributed by atoms with Gasteiger partial charge < -0.3 is 4.57 Å². The maximum atomic E-state index is 12.5. The van der Waals surface area contributed by atoms with E-state index in [-0.39, 0.29) is 16.2 Å². The number of hydrogen-bond acceptors (Lipinski definition) is 3. The fraction of sp³-hybridized carbons (Fsp3) is 0.357. The molecular formula is C14H16ClN3O2S. The van der Waals surface area contributed by atoms with Crippen molar-refractivity contribution in [3.8, 4) is 0 Å². The second kappa shape index (κ2) is 5.44. The normalized spacial score (nSPS) is 16.9. The predicted molar refractivity (Wildman–Crippen MR) is 80.4 cm³/mol. The summed E-state index contributed by atoms with van der Waals surface area (Å²) >= 11 is 6.00. The van der Waals surface area contributed by atoms with E-state index in [1.165, 1.54) is 10.9 Å². The molecule has 1 fully saturated rings. The van der Waals surface area contributed by atoms with Gasteiger partial charge in [-0.1, -0.05) is 41.9 Å². The molecule has 2 aromatic rings. The number of nitrogens with one attached hydrogen (secondary N) is 1. The van der Waals surface area contributed by atoms with Crippen molar-refractivity contribution in [1.29, 1.82) is 0 Å². The lowest BCUT2D eigenvalue weighted by Gasteiger charge is -2.18. The summed E-state index contributed by atoms with van der Waals surface area (Å²) in [5.41, 5.74) is 0.968. The minimum absolute atomic E-state index is 0.116. The third-order valence-electron chi connectivity index (χ3n) is 3.62. The molecule has 1 N–H and O–H groups in total. The standard InChI is InChI=1S/C14H16ClN3O2S/c1-18-9-16-14(13(18)15)21(19,20)17-12(11-7-8-11)10-5-3-2-4-6-10/h2-6,9,11-12,17H,7-8H2,1H3. The van der Waals surface area contributed by atoms with Crippen LogP contribution in [0.15, 0.2) is 41.7 Å². The monoisotopic (exact) mass is 325 g/mol. The van der Waals surface area contributed by atoms with E-state index in [0.717, 1.165) is 18.4 Å². The van der Waals surface area contributed by atoms with Gasteiger partial charge >= 0.3 is 0 Å². The zero-order chi connectivity index (χ0) is 15.0. The van der Waals surface area contributed by atoms with Gasteiger partial charge in [0.15, 0.2) is 0 Å². The zero-order valence-electron chi connectivity index (χ0n) is 11.5. The van der Waals surface area contributed by atoms with E-state index in [1.807, 2.05) is 30.3 Å². The van der Waals surface area contributed by atoms with Crippen LogP contribution in [0.5, 0.6) is 0 Å². The average Bonchev–Trinajstić information content (AvgIpc) is 3.24. The Bertz CT molecular complexity index is 739. The molecule has 112 valence electrons. The Balaban J connectivity index is 1.91. The summed E-state index contributed by atoms with van der Waals surface area (Å²) in [5.74, 6) is 0.338. The molecule has 1 atom stereocenters. The molecule has 1 aliphatic rings. The maximum absolute atomic E-state index is 12.5. The number of hydrogen-bond donors (Lipinski definition) is 1. The Morgan fingerprint density at radius 1 is 1.33 bits per heavy atom. The minimum atomic E-state index is -3.74. The van der Waals surface area contributed by atoms with Crippen LogP contribution in [0.3, 0.4) is 0 Å². The Kier molecular flexibility index (Phi) is 3.77. The van der Waals surface area contributed by atoms with Gasteiger partial charge in [-0.2, -0.15) is 0 Å². The van der Waals surface area contributed by atoms with Gasteiger partial charge in [0.05, 0.1) is 6.33 Å². The quantitative estimate of drug-likeness (QED) is 0.918. The molecular weight excluding hydrogens is 310 g/mol. The number of rotatable bonds is 5. The first-order valence-electron chi connectivity index (χ1n) is 6.73. The third kappa shape index (κ3) is 2.97. The molecule has 0 amide bonds. The number of aryl methyl sites for hydroxylation is 1. The van der Waals surface area contributed by atoms with Crippen LogP contribution < -0.4 is 4.72 Å². The molecule has 1 heterocycles. The van der Waals surface area contributed by atoms with Crippen LogP contribution in [-0.2, 0) is 17.1 Å². The highest BCUT2D eigenvalue weighted by atomic mass is 35.5. The molecule has 1 saturated carbocycles. The lowest BCUT2D eigenvalue weighted by molar-refractivity contribution is 0.527. The predicted octanol–water partition coefficient (Wildman–Crippen LogP) is 2.50. The number of aromatic nitrogens is 2. The molecule has 7 heteroatoms. The van der Waals surface area contributed by atoms with Crippen LogP contribution >= 0.6 is 11.6 Å². The van der Waals surface area contributed by atoms with Crippen LogP contribution in [0.4, 0.5) is 0 Å². The van der Waals surface area contributed by atoms with Crippen LogP contribution in [0, 0.1) is 5.92 Å². The first-order chi connectivity index (χ1) is 9.99. The van der Waals surface area contributed by atoms with Gasteiger partial charge in [0.25, 0.3) is 10.0 Å². The second-order valence-corrected chi connectivity index (χ2v) is 7.29. The van der Waals surface area contributed by atoms with Crippen molar-refractivity contribution in [2.24, 2.45) is 13.0 Å². The minimum Gasteiger partial charge on any atom is -0.324 e. The molecule has 1 aromatic heterocycles. The van der Waals surface area contributed by atoms with E-state index in [4.69, 9.17) is 11.6 Å². The van der Waals surface area contributed by atoms with Crippen molar-refractivity contribution in [2.45, 2.75) is 23.9 Å². The highest BCUT2D eigenvalue weighted by molar-refractivity contribution is 7.89. The summed E-state index contributed by atoms with van der Waals surface area (Å²) < 4.78 is 29.3. The molecule has 0 spiro atoms. The molecule has 21 heavy (non-hydrogen) atoms. The van der Waals surface area contributed by atoms with Crippen molar-refractivity contribution in [3.63, 3.8) is 0 Å². The van der Waals surface area contributed by atoms with Gasteiger partial charge in [0.2, 0.25) is 5.03 Å². The lowest BCUT2D eigenvalue weighted by Crippen LogP contribution is -2.30. The Morgan fingerprint density at radius 3 is 2.52 bits per heavy atom. The fourth-order valence-electron chi connectivity index (χ4n) is 2.32. The van der Waals surface area contributed by atoms with E-state index < -0.39 is 10.0 Å². The van der Waals surface area contributed by atoms with Gasteiger partial charge in [0, 0.05) is 13.1 Å². The van der Waals surface area contributed by atoms with E-state index in [9.17, 15) is 8.42 Å². The van der Waals surface area contributed by atoms with Gasteiger partial charge in [0.1, 0.15) is 5.15 Å². The highest BCUT2D eigenvalue weighted by Crippen LogP contribution is 2.41. The van der Waals surface area contributed by atoms with Crippen LogP contribution in [-0.4, -0.2) is 18.0 Å². The summed E-state index contributed by atoms with van der Waals surface area (Å²) in [4.78, 5) is 3.89. The molecule has 1 unspecified atom stereocenters. The maximum Gasteiger partial charge on any atom is 0.261 e. The van der Waals surface area contributed by atoms with E-state index >= 15 is 0 Å². The largest absolute Gasteiger partial charge is 0.324 e. The lowest BCUT2D eigenvalue weighted by atomic mass is 10.0. The summed E-state index contributed by atoms with van der Waals surface area (Å²) in [7, 11) is -2.08. The van der Waals surface area contributed by atoms with Crippen LogP contribution in [0.1, 0.15) is 24.4 Å². The molecule has 3 rings (SSSR count). The number of imidazole rings is 1. The fourth-order valence-corrected chi connectivity index (χ4v) is 4.05. The highest BCUT2D eigenvalue weighted by Gasteiger charge is 2.36. The van der Waals surface area contributed by atoms with Crippen molar-refractivity contribution < 1.29 is 8.42 Å². The smallest absolute Gasteiger partial charge is 0.261 e. The molecule has 1 aromatic carbocycles. The van der Waals surface area contributed by atoms with Gasteiger partial charge in [-0.25, -0.2) is 18.1 Å². The molecule has 0 radical (unpaired) electrons. The number of nitrogens with zero attached hydrogens (tertiary/aromatic N) is 2. The number of benzene rings is 1. The first-order valence-corrected chi connectivity index (χ1v) is 8.59. The van der Waals surface area contributed by atoms with Gasteiger partial charge in [-0.15, -0.1) is 0 Å². The first kappa shape index (κ1) is 14.6. The van der Waals surface area contributed by atoms with E-state index in [1.54, 1.807) is 7.05 Å². The van der Waals surface area contributed by atoms with Crippen molar-refractivity contribution in [1.82, 2.24) is 14.3 Å². The van der Waals surface area contributed by atoms with Crippen molar-refractivity contribution in [2.75, 3.05) is 0 Å². The Labute approximate surface area is 129 Å². The Morgan fingerprint density at radius 2 is 2.00 bits per heavy atom.